The normalized spacial score (nSPS) is 19.6. The van der Waals surface area contributed by atoms with Gasteiger partial charge in [0.1, 0.15) is 0 Å². The molecular formula is C13H27NO2S. The van der Waals surface area contributed by atoms with Gasteiger partial charge in [0, 0.05) is 6.04 Å². The maximum Gasteiger partial charge on any atom is 0.150 e. The van der Waals surface area contributed by atoms with E-state index >= 15 is 0 Å². The van der Waals surface area contributed by atoms with Gasteiger partial charge in [-0.05, 0) is 45.1 Å². The maximum atomic E-state index is 11.9. The third-order valence-electron chi connectivity index (χ3n) is 3.57. The predicted octanol–water partition coefficient (Wildman–Crippen LogP) is 2.37. The fourth-order valence-corrected chi connectivity index (χ4v) is 4.40. The van der Waals surface area contributed by atoms with E-state index in [-0.39, 0.29) is 0 Å². The van der Waals surface area contributed by atoms with Gasteiger partial charge in [-0.25, -0.2) is 8.42 Å². The van der Waals surface area contributed by atoms with Gasteiger partial charge in [0.2, 0.25) is 0 Å². The highest BCUT2D eigenvalue weighted by molar-refractivity contribution is 7.91. The van der Waals surface area contributed by atoms with E-state index in [0.29, 0.717) is 23.5 Å². The molecule has 3 nitrogen and oxygen atoms in total. The van der Waals surface area contributed by atoms with E-state index in [4.69, 9.17) is 0 Å². The molecule has 0 aromatic heterocycles. The van der Waals surface area contributed by atoms with Crippen LogP contribution in [0, 0.1) is 5.92 Å². The quantitative estimate of drug-likeness (QED) is 0.729. The highest BCUT2D eigenvalue weighted by Crippen LogP contribution is 2.26. The molecule has 0 saturated heterocycles. The van der Waals surface area contributed by atoms with Crippen LogP contribution >= 0.6 is 0 Å². The van der Waals surface area contributed by atoms with Crippen molar-refractivity contribution in [3.8, 4) is 0 Å². The van der Waals surface area contributed by atoms with E-state index in [1.165, 1.54) is 12.8 Å². The molecule has 0 aromatic rings. The summed E-state index contributed by atoms with van der Waals surface area (Å²) in [6.45, 7) is 5.17. The molecule has 0 heterocycles. The summed E-state index contributed by atoms with van der Waals surface area (Å²) in [5, 5.41) is 3.33. The van der Waals surface area contributed by atoms with Gasteiger partial charge in [0.05, 0.1) is 11.5 Å². The Morgan fingerprint density at radius 2 is 1.94 bits per heavy atom. The largest absolute Gasteiger partial charge is 0.314 e. The van der Waals surface area contributed by atoms with Crippen LogP contribution < -0.4 is 5.32 Å². The summed E-state index contributed by atoms with van der Waals surface area (Å²) in [7, 11) is -2.83. The molecule has 0 bridgehead atoms. The molecule has 1 N–H and O–H groups in total. The Morgan fingerprint density at radius 3 is 2.53 bits per heavy atom. The molecule has 4 heteroatoms. The molecule has 102 valence electrons. The second-order valence-corrected chi connectivity index (χ2v) is 7.64. The molecule has 1 rings (SSSR count). The Morgan fingerprint density at radius 1 is 1.29 bits per heavy atom. The monoisotopic (exact) mass is 261 g/mol. The predicted molar refractivity (Wildman–Crippen MR) is 73.0 cm³/mol. The van der Waals surface area contributed by atoms with Gasteiger partial charge in [-0.2, -0.15) is 0 Å². The summed E-state index contributed by atoms with van der Waals surface area (Å²) in [6.07, 6.45) is 6.50. The fourth-order valence-electron chi connectivity index (χ4n) is 2.47. The topological polar surface area (TPSA) is 46.2 Å². The van der Waals surface area contributed by atoms with Gasteiger partial charge >= 0.3 is 0 Å². The van der Waals surface area contributed by atoms with Gasteiger partial charge < -0.3 is 5.32 Å². The zero-order valence-corrected chi connectivity index (χ0v) is 12.1. The molecule has 0 aromatic carbocycles. The Balaban J connectivity index is 2.23. The van der Waals surface area contributed by atoms with Crippen LogP contribution in [0.15, 0.2) is 0 Å². The SMILES string of the molecule is CCCNC(C)CCS(=O)(=O)CC1CCCC1. The third kappa shape index (κ3) is 6.41. The van der Waals surface area contributed by atoms with Crippen molar-refractivity contribution < 1.29 is 8.42 Å². The van der Waals surface area contributed by atoms with Crippen molar-refractivity contribution in [2.45, 2.75) is 58.4 Å². The summed E-state index contributed by atoms with van der Waals surface area (Å²) < 4.78 is 23.9. The van der Waals surface area contributed by atoms with Crippen molar-refractivity contribution in [3.63, 3.8) is 0 Å². The zero-order chi connectivity index (χ0) is 12.7. The van der Waals surface area contributed by atoms with Crippen molar-refractivity contribution in [2.24, 2.45) is 5.92 Å². The van der Waals surface area contributed by atoms with Crippen LogP contribution in [0.5, 0.6) is 0 Å². The van der Waals surface area contributed by atoms with Crippen molar-refractivity contribution in [2.75, 3.05) is 18.1 Å². The average molecular weight is 261 g/mol. The molecule has 1 aliphatic rings. The van der Waals surface area contributed by atoms with E-state index in [9.17, 15) is 8.42 Å². The van der Waals surface area contributed by atoms with Crippen LogP contribution in [-0.2, 0) is 9.84 Å². The molecule has 1 saturated carbocycles. The van der Waals surface area contributed by atoms with E-state index < -0.39 is 9.84 Å². The summed E-state index contributed by atoms with van der Waals surface area (Å²) in [5.74, 6) is 1.22. The molecule has 1 unspecified atom stereocenters. The zero-order valence-electron chi connectivity index (χ0n) is 11.2. The van der Waals surface area contributed by atoms with Crippen molar-refractivity contribution in [1.82, 2.24) is 5.32 Å². The lowest BCUT2D eigenvalue weighted by Crippen LogP contribution is -2.29. The lowest BCUT2D eigenvalue weighted by atomic mass is 10.1. The number of nitrogens with one attached hydrogen (secondary N) is 1. The van der Waals surface area contributed by atoms with Crippen LogP contribution in [-0.4, -0.2) is 32.5 Å². The van der Waals surface area contributed by atoms with Gasteiger partial charge in [0.15, 0.2) is 9.84 Å². The summed E-state index contributed by atoms with van der Waals surface area (Å²) in [6, 6.07) is 0.313. The molecule has 1 fully saturated rings. The Bertz CT molecular complexity index is 295. The Labute approximate surface area is 106 Å². The lowest BCUT2D eigenvalue weighted by molar-refractivity contribution is 0.519. The molecular weight excluding hydrogens is 234 g/mol. The highest BCUT2D eigenvalue weighted by Gasteiger charge is 2.22. The fraction of sp³-hybridized carbons (Fsp3) is 1.00. The molecule has 17 heavy (non-hydrogen) atoms. The van der Waals surface area contributed by atoms with Gasteiger partial charge in [-0.3, -0.25) is 0 Å². The minimum absolute atomic E-state index is 0.313. The molecule has 0 spiro atoms. The second-order valence-electron chi connectivity index (χ2n) is 5.41. The molecule has 1 atom stereocenters. The summed E-state index contributed by atoms with van der Waals surface area (Å²) in [4.78, 5) is 0. The lowest BCUT2D eigenvalue weighted by Gasteiger charge is -2.14. The molecule has 0 aliphatic heterocycles. The number of sulfone groups is 1. The first-order valence-electron chi connectivity index (χ1n) is 6.97. The van der Waals surface area contributed by atoms with Gasteiger partial charge in [-0.15, -0.1) is 0 Å². The Hall–Kier alpha value is -0.0900. The van der Waals surface area contributed by atoms with E-state index in [0.717, 1.165) is 32.2 Å². The summed E-state index contributed by atoms with van der Waals surface area (Å²) in [5.41, 5.74) is 0. The standard InChI is InChI=1S/C13H27NO2S/c1-3-9-14-12(2)8-10-17(15,16)11-13-6-4-5-7-13/h12-14H,3-11H2,1-2H3. The summed E-state index contributed by atoms with van der Waals surface area (Å²) >= 11 is 0. The second kappa shape index (κ2) is 7.37. The minimum Gasteiger partial charge on any atom is -0.314 e. The van der Waals surface area contributed by atoms with Crippen LogP contribution in [0.3, 0.4) is 0 Å². The maximum absolute atomic E-state index is 11.9. The molecule has 0 amide bonds. The first-order chi connectivity index (χ1) is 8.03. The highest BCUT2D eigenvalue weighted by atomic mass is 32.2. The van der Waals surface area contributed by atoms with E-state index in [1.54, 1.807) is 0 Å². The van der Waals surface area contributed by atoms with Crippen molar-refractivity contribution in [1.29, 1.82) is 0 Å². The first kappa shape index (κ1) is 15.0. The van der Waals surface area contributed by atoms with E-state index in [1.807, 2.05) is 0 Å². The smallest absolute Gasteiger partial charge is 0.150 e. The van der Waals surface area contributed by atoms with Crippen LogP contribution in [0.4, 0.5) is 0 Å². The number of hydrogen-bond acceptors (Lipinski definition) is 3. The third-order valence-corrected chi connectivity index (χ3v) is 5.41. The van der Waals surface area contributed by atoms with Crippen LogP contribution in [0.25, 0.3) is 0 Å². The number of hydrogen-bond donors (Lipinski definition) is 1. The molecule has 0 radical (unpaired) electrons. The Kier molecular flexibility index (Phi) is 6.49. The number of rotatable bonds is 8. The van der Waals surface area contributed by atoms with Crippen LogP contribution in [0.1, 0.15) is 52.4 Å². The van der Waals surface area contributed by atoms with Crippen molar-refractivity contribution >= 4 is 9.84 Å². The van der Waals surface area contributed by atoms with Crippen LogP contribution in [0.2, 0.25) is 0 Å². The average Bonchev–Trinajstić information content (AvgIpc) is 2.75. The minimum atomic E-state index is -2.83. The van der Waals surface area contributed by atoms with E-state index in [2.05, 4.69) is 19.2 Å². The molecule has 1 aliphatic carbocycles. The van der Waals surface area contributed by atoms with Gasteiger partial charge in [-0.1, -0.05) is 19.8 Å². The van der Waals surface area contributed by atoms with Gasteiger partial charge in [0.25, 0.3) is 0 Å². The van der Waals surface area contributed by atoms with Crippen molar-refractivity contribution in [3.05, 3.63) is 0 Å². The first-order valence-corrected chi connectivity index (χ1v) is 8.79.